The van der Waals surface area contributed by atoms with Crippen LogP contribution in [0.4, 0.5) is 4.79 Å². The fourth-order valence-corrected chi connectivity index (χ4v) is 1.30. The monoisotopic (exact) mass is 287 g/mol. The first-order valence-corrected chi connectivity index (χ1v) is 6.14. The van der Waals surface area contributed by atoms with Gasteiger partial charge in [-0.15, -0.1) is 0 Å². The highest BCUT2D eigenvalue weighted by Crippen LogP contribution is 2.11. The molecule has 20 heavy (non-hydrogen) atoms. The van der Waals surface area contributed by atoms with Gasteiger partial charge in [0.05, 0.1) is 5.41 Å². The van der Waals surface area contributed by atoms with Crippen molar-refractivity contribution in [3.05, 3.63) is 0 Å². The normalized spacial score (nSPS) is 12.3. The number of hydrogen-bond acceptors (Lipinski definition) is 4. The Bertz CT molecular complexity index is 406. The van der Waals surface area contributed by atoms with Crippen molar-refractivity contribution < 1.29 is 24.3 Å². The largest absolute Gasteiger partial charge is 0.481 e. The number of urea groups is 1. The fourth-order valence-electron chi connectivity index (χ4n) is 1.30. The predicted octanol–water partition coefficient (Wildman–Crippen LogP) is -0.175. The lowest BCUT2D eigenvalue weighted by atomic mass is 9.93. The maximum atomic E-state index is 11.4. The molecule has 0 radical (unpaired) electrons. The van der Waals surface area contributed by atoms with Crippen LogP contribution >= 0.6 is 0 Å². The van der Waals surface area contributed by atoms with Crippen molar-refractivity contribution in [3.8, 4) is 0 Å². The van der Waals surface area contributed by atoms with Crippen LogP contribution in [-0.4, -0.2) is 35.5 Å². The molecule has 4 amide bonds. The van der Waals surface area contributed by atoms with Gasteiger partial charge in [0.2, 0.25) is 11.8 Å². The molecule has 1 unspecified atom stereocenters. The van der Waals surface area contributed by atoms with Crippen molar-refractivity contribution in [1.82, 2.24) is 10.6 Å². The Kier molecular flexibility index (Phi) is 6.67. The van der Waals surface area contributed by atoms with Crippen molar-refractivity contribution in [2.24, 2.45) is 17.1 Å². The summed E-state index contributed by atoms with van der Waals surface area (Å²) in [5, 5.41) is 13.0. The van der Waals surface area contributed by atoms with Gasteiger partial charge in [0, 0.05) is 19.4 Å². The highest BCUT2D eigenvalue weighted by atomic mass is 16.4. The second kappa shape index (κ2) is 7.46. The number of imide groups is 1. The molecule has 0 aromatic heterocycles. The summed E-state index contributed by atoms with van der Waals surface area (Å²) in [6, 6.07) is -0.744. The quantitative estimate of drug-likeness (QED) is 0.514. The molecule has 0 saturated heterocycles. The van der Waals surface area contributed by atoms with E-state index in [-0.39, 0.29) is 25.3 Å². The lowest BCUT2D eigenvalue weighted by Gasteiger charge is -2.20. The van der Waals surface area contributed by atoms with Gasteiger partial charge in [0.25, 0.3) is 0 Å². The molecule has 114 valence electrons. The lowest BCUT2D eigenvalue weighted by Crippen LogP contribution is -2.47. The van der Waals surface area contributed by atoms with Gasteiger partial charge in [0.15, 0.2) is 0 Å². The van der Waals surface area contributed by atoms with Gasteiger partial charge in [-0.3, -0.25) is 19.7 Å². The highest BCUT2D eigenvalue weighted by molar-refractivity contribution is 5.94. The van der Waals surface area contributed by atoms with E-state index in [0.717, 1.165) is 0 Å². The van der Waals surface area contributed by atoms with Gasteiger partial charge < -0.3 is 16.2 Å². The predicted molar refractivity (Wildman–Crippen MR) is 70.6 cm³/mol. The lowest BCUT2D eigenvalue weighted by molar-refractivity contribution is -0.138. The number of carbonyl (C=O) groups is 4. The number of carbonyl (C=O) groups excluding carboxylic acids is 3. The summed E-state index contributed by atoms with van der Waals surface area (Å²) in [7, 11) is 0. The molecular formula is C12H21N3O5. The zero-order valence-corrected chi connectivity index (χ0v) is 11.9. The van der Waals surface area contributed by atoms with Crippen LogP contribution < -0.4 is 16.4 Å². The van der Waals surface area contributed by atoms with E-state index in [0.29, 0.717) is 0 Å². The number of carboxylic acids is 1. The van der Waals surface area contributed by atoms with Crippen LogP contribution in [0, 0.1) is 11.3 Å². The summed E-state index contributed by atoms with van der Waals surface area (Å²) >= 11 is 0. The number of amides is 4. The molecule has 0 rings (SSSR count). The summed E-state index contributed by atoms with van der Waals surface area (Å²) < 4.78 is 0. The Morgan fingerprint density at radius 1 is 1.20 bits per heavy atom. The summed E-state index contributed by atoms with van der Waals surface area (Å²) in [6.45, 7) is 4.71. The van der Waals surface area contributed by atoms with Gasteiger partial charge in [-0.25, -0.2) is 4.79 Å². The molecule has 0 aliphatic carbocycles. The maximum Gasteiger partial charge on any atom is 0.321 e. The molecule has 8 nitrogen and oxygen atoms in total. The molecule has 8 heteroatoms. The summed E-state index contributed by atoms with van der Waals surface area (Å²) in [5.74, 6) is -2.52. The van der Waals surface area contributed by atoms with Gasteiger partial charge in [-0.2, -0.15) is 0 Å². The zero-order valence-electron chi connectivity index (χ0n) is 11.9. The number of rotatable bonds is 7. The minimum absolute atomic E-state index is 0.00781. The first-order chi connectivity index (χ1) is 9.04. The van der Waals surface area contributed by atoms with E-state index in [1.54, 1.807) is 20.8 Å². The van der Waals surface area contributed by atoms with Crippen LogP contribution in [0.15, 0.2) is 0 Å². The van der Waals surface area contributed by atoms with E-state index >= 15 is 0 Å². The SMILES string of the molecule is CC(CC(=O)O)CC(=O)NC(=O)NCC(C)(C)C(N)=O. The third-order valence-corrected chi connectivity index (χ3v) is 2.67. The van der Waals surface area contributed by atoms with Crippen LogP contribution in [0.25, 0.3) is 0 Å². The topological polar surface area (TPSA) is 139 Å². The molecule has 5 N–H and O–H groups in total. The number of carboxylic acid groups (broad SMARTS) is 1. The second-order valence-electron chi connectivity index (χ2n) is 5.39. The van der Waals surface area contributed by atoms with E-state index in [9.17, 15) is 19.2 Å². The van der Waals surface area contributed by atoms with Crippen LogP contribution in [0.2, 0.25) is 0 Å². The van der Waals surface area contributed by atoms with E-state index in [1.165, 1.54) is 0 Å². The molecule has 0 aromatic carbocycles. The molecule has 0 bridgehead atoms. The molecule has 0 heterocycles. The summed E-state index contributed by atoms with van der Waals surface area (Å²) in [6.07, 6.45) is -0.220. The Morgan fingerprint density at radius 2 is 1.75 bits per heavy atom. The maximum absolute atomic E-state index is 11.4. The van der Waals surface area contributed by atoms with E-state index in [4.69, 9.17) is 10.8 Å². The molecule has 0 saturated carbocycles. The fraction of sp³-hybridized carbons (Fsp3) is 0.667. The third-order valence-electron chi connectivity index (χ3n) is 2.67. The van der Waals surface area contributed by atoms with Crippen LogP contribution in [-0.2, 0) is 14.4 Å². The van der Waals surface area contributed by atoms with Crippen LogP contribution in [0.5, 0.6) is 0 Å². The Balaban J connectivity index is 4.12. The van der Waals surface area contributed by atoms with Gasteiger partial charge >= 0.3 is 12.0 Å². The molecule has 0 aliphatic heterocycles. The molecule has 1 atom stereocenters. The number of nitrogens with one attached hydrogen (secondary N) is 2. The standard InChI is InChI=1S/C12H21N3O5/c1-7(5-9(17)18)4-8(16)15-11(20)14-6-12(2,3)10(13)19/h7H,4-6H2,1-3H3,(H2,13,19)(H,17,18)(H2,14,15,16,20). The van der Waals surface area contributed by atoms with Gasteiger partial charge in [-0.1, -0.05) is 6.92 Å². The smallest absolute Gasteiger partial charge is 0.321 e. The first-order valence-electron chi connectivity index (χ1n) is 6.14. The molecule has 0 aromatic rings. The number of aliphatic carboxylic acids is 1. The molecular weight excluding hydrogens is 266 g/mol. The Labute approximate surface area is 117 Å². The average Bonchev–Trinajstić information content (AvgIpc) is 2.24. The van der Waals surface area contributed by atoms with Gasteiger partial charge in [0.1, 0.15) is 0 Å². The van der Waals surface area contributed by atoms with E-state index in [1.807, 2.05) is 0 Å². The number of nitrogens with two attached hydrogens (primary N) is 1. The zero-order chi connectivity index (χ0) is 15.9. The summed E-state index contributed by atoms with van der Waals surface area (Å²) in [5.41, 5.74) is 4.22. The number of hydrogen-bond donors (Lipinski definition) is 4. The molecule has 0 aliphatic rings. The van der Waals surface area contributed by atoms with Gasteiger partial charge in [-0.05, 0) is 19.8 Å². The van der Waals surface area contributed by atoms with E-state index < -0.39 is 29.2 Å². The minimum Gasteiger partial charge on any atom is -0.481 e. The first kappa shape index (κ1) is 17.9. The van der Waals surface area contributed by atoms with Crippen molar-refractivity contribution in [2.45, 2.75) is 33.6 Å². The van der Waals surface area contributed by atoms with E-state index in [2.05, 4.69) is 10.6 Å². The van der Waals surface area contributed by atoms with Crippen LogP contribution in [0.3, 0.4) is 0 Å². The number of primary amides is 1. The minimum atomic E-state index is -1.00. The average molecular weight is 287 g/mol. The second-order valence-corrected chi connectivity index (χ2v) is 5.39. The van der Waals surface area contributed by atoms with Crippen molar-refractivity contribution in [3.63, 3.8) is 0 Å². The Morgan fingerprint density at radius 3 is 2.20 bits per heavy atom. The van der Waals surface area contributed by atoms with Crippen molar-refractivity contribution in [1.29, 1.82) is 0 Å². The van der Waals surface area contributed by atoms with Crippen molar-refractivity contribution in [2.75, 3.05) is 6.54 Å². The summed E-state index contributed by atoms with van der Waals surface area (Å²) in [4.78, 5) is 44.3. The molecule has 0 spiro atoms. The Hall–Kier alpha value is -2.12. The third kappa shape index (κ3) is 7.34. The highest BCUT2D eigenvalue weighted by Gasteiger charge is 2.25. The molecule has 0 fully saturated rings. The van der Waals surface area contributed by atoms with Crippen molar-refractivity contribution >= 4 is 23.8 Å². The van der Waals surface area contributed by atoms with Crippen LogP contribution in [0.1, 0.15) is 33.6 Å².